The minimum atomic E-state index is 0.372. The SMILES string of the molecule is CC(C)(C)CN[C@H]1CCCC[C@H]1N. The van der Waals surface area contributed by atoms with Crippen LogP contribution < -0.4 is 11.1 Å². The lowest BCUT2D eigenvalue weighted by atomic mass is 9.89. The molecule has 0 spiro atoms. The summed E-state index contributed by atoms with van der Waals surface area (Å²) >= 11 is 0. The van der Waals surface area contributed by atoms with Crippen molar-refractivity contribution in [2.45, 2.75) is 58.5 Å². The summed E-state index contributed by atoms with van der Waals surface area (Å²) < 4.78 is 0. The second-order valence-electron chi connectivity index (χ2n) is 5.50. The fraction of sp³-hybridized carbons (Fsp3) is 1.00. The van der Waals surface area contributed by atoms with Gasteiger partial charge in [-0.25, -0.2) is 0 Å². The third kappa shape index (κ3) is 4.10. The van der Waals surface area contributed by atoms with Crippen LogP contribution in [0.15, 0.2) is 0 Å². The highest BCUT2D eigenvalue weighted by molar-refractivity contribution is 4.84. The van der Waals surface area contributed by atoms with Gasteiger partial charge in [-0.05, 0) is 18.3 Å². The first-order valence-corrected chi connectivity index (χ1v) is 5.48. The largest absolute Gasteiger partial charge is 0.326 e. The van der Waals surface area contributed by atoms with Gasteiger partial charge in [0.25, 0.3) is 0 Å². The molecule has 0 amide bonds. The van der Waals surface area contributed by atoms with Crippen LogP contribution in [0.1, 0.15) is 46.5 Å². The van der Waals surface area contributed by atoms with Crippen LogP contribution in [-0.2, 0) is 0 Å². The number of hydrogen-bond acceptors (Lipinski definition) is 2. The Morgan fingerprint density at radius 3 is 2.38 bits per heavy atom. The Hall–Kier alpha value is -0.0800. The van der Waals surface area contributed by atoms with Crippen molar-refractivity contribution in [1.29, 1.82) is 0 Å². The standard InChI is InChI=1S/C11H24N2/c1-11(2,3)8-13-10-7-5-4-6-9(10)12/h9-10,13H,4-8,12H2,1-3H3/t9-,10+/m1/s1. The van der Waals surface area contributed by atoms with Crippen molar-refractivity contribution in [2.75, 3.05) is 6.54 Å². The van der Waals surface area contributed by atoms with Crippen molar-refractivity contribution in [3.8, 4) is 0 Å². The van der Waals surface area contributed by atoms with E-state index in [2.05, 4.69) is 26.1 Å². The zero-order chi connectivity index (χ0) is 9.90. The van der Waals surface area contributed by atoms with Crippen molar-refractivity contribution in [1.82, 2.24) is 5.32 Å². The van der Waals surface area contributed by atoms with E-state index in [1.165, 1.54) is 25.7 Å². The first-order chi connectivity index (χ1) is 5.99. The Bertz CT molecular complexity index is 149. The van der Waals surface area contributed by atoms with Gasteiger partial charge in [0.1, 0.15) is 0 Å². The van der Waals surface area contributed by atoms with Crippen LogP contribution in [0.4, 0.5) is 0 Å². The summed E-state index contributed by atoms with van der Waals surface area (Å²) in [5, 5.41) is 3.59. The van der Waals surface area contributed by atoms with Gasteiger partial charge in [-0.1, -0.05) is 33.6 Å². The van der Waals surface area contributed by atoms with Crippen LogP contribution in [0.5, 0.6) is 0 Å². The summed E-state index contributed by atoms with van der Waals surface area (Å²) in [5.41, 5.74) is 6.42. The van der Waals surface area contributed by atoms with E-state index in [9.17, 15) is 0 Å². The minimum absolute atomic E-state index is 0.372. The predicted octanol–water partition coefficient (Wildman–Crippen LogP) is 1.89. The molecule has 0 bridgehead atoms. The molecule has 13 heavy (non-hydrogen) atoms. The van der Waals surface area contributed by atoms with E-state index in [0.29, 0.717) is 17.5 Å². The minimum Gasteiger partial charge on any atom is -0.326 e. The van der Waals surface area contributed by atoms with Crippen LogP contribution in [0.2, 0.25) is 0 Å². The molecular formula is C11H24N2. The van der Waals surface area contributed by atoms with Crippen molar-refractivity contribution in [3.05, 3.63) is 0 Å². The summed E-state index contributed by atoms with van der Waals surface area (Å²) in [6.45, 7) is 7.85. The Kier molecular flexibility index (Phi) is 3.74. The Morgan fingerprint density at radius 1 is 1.23 bits per heavy atom. The highest BCUT2D eigenvalue weighted by Gasteiger charge is 2.22. The summed E-state index contributed by atoms with van der Waals surface area (Å²) in [6, 6.07) is 0.948. The van der Waals surface area contributed by atoms with Gasteiger partial charge in [0.05, 0.1) is 0 Å². The van der Waals surface area contributed by atoms with Crippen LogP contribution in [-0.4, -0.2) is 18.6 Å². The third-order valence-corrected chi connectivity index (χ3v) is 2.71. The van der Waals surface area contributed by atoms with Crippen molar-refractivity contribution in [3.63, 3.8) is 0 Å². The lowest BCUT2D eigenvalue weighted by Crippen LogP contribution is -2.49. The summed E-state index contributed by atoms with van der Waals surface area (Å²) in [6.07, 6.45) is 5.11. The van der Waals surface area contributed by atoms with Crippen molar-refractivity contribution < 1.29 is 0 Å². The molecule has 78 valence electrons. The van der Waals surface area contributed by atoms with Crippen LogP contribution in [0.25, 0.3) is 0 Å². The monoisotopic (exact) mass is 184 g/mol. The molecule has 2 nitrogen and oxygen atoms in total. The van der Waals surface area contributed by atoms with Gasteiger partial charge in [0.2, 0.25) is 0 Å². The normalized spacial score (nSPS) is 30.5. The average Bonchev–Trinajstić information content (AvgIpc) is 2.01. The van der Waals surface area contributed by atoms with E-state index < -0.39 is 0 Å². The molecule has 3 N–H and O–H groups in total. The fourth-order valence-corrected chi connectivity index (χ4v) is 1.85. The molecule has 0 aromatic carbocycles. The van der Waals surface area contributed by atoms with Crippen LogP contribution in [0, 0.1) is 5.41 Å². The maximum absolute atomic E-state index is 6.05. The predicted molar refractivity (Wildman–Crippen MR) is 57.7 cm³/mol. The molecule has 0 unspecified atom stereocenters. The van der Waals surface area contributed by atoms with Crippen molar-refractivity contribution in [2.24, 2.45) is 11.1 Å². The number of nitrogens with one attached hydrogen (secondary N) is 1. The van der Waals surface area contributed by atoms with Gasteiger partial charge in [-0.15, -0.1) is 0 Å². The van der Waals surface area contributed by atoms with Crippen LogP contribution in [0.3, 0.4) is 0 Å². The van der Waals surface area contributed by atoms with Gasteiger partial charge in [0, 0.05) is 18.6 Å². The summed E-state index contributed by atoms with van der Waals surface area (Å²) in [5.74, 6) is 0. The van der Waals surface area contributed by atoms with E-state index in [1.54, 1.807) is 0 Å². The number of hydrogen-bond donors (Lipinski definition) is 2. The van der Waals surface area contributed by atoms with Gasteiger partial charge < -0.3 is 11.1 Å². The zero-order valence-electron chi connectivity index (χ0n) is 9.27. The maximum Gasteiger partial charge on any atom is 0.0219 e. The Morgan fingerprint density at radius 2 is 1.85 bits per heavy atom. The number of nitrogens with two attached hydrogens (primary N) is 1. The van der Waals surface area contributed by atoms with Gasteiger partial charge >= 0.3 is 0 Å². The lowest BCUT2D eigenvalue weighted by Gasteiger charge is -2.32. The molecule has 1 aliphatic carbocycles. The van der Waals surface area contributed by atoms with E-state index >= 15 is 0 Å². The Labute approximate surface area is 82.3 Å². The highest BCUT2D eigenvalue weighted by Crippen LogP contribution is 2.18. The van der Waals surface area contributed by atoms with Gasteiger partial charge in [0.15, 0.2) is 0 Å². The number of rotatable bonds is 2. The molecule has 1 saturated carbocycles. The summed E-state index contributed by atoms with van der Waals surface area (Å²) in [4.78, 5) is 0. The quantitative estimate of drug-likeness (QED) is 0.688. The third-order valence-electron chi connectivity index (χ3n) is 2.71. The second kappa shape index (κ2) is 4.43. The lowest BCUT2D eigenvalue weighted by molar-refractivity contribution is 0.282. The molecular weight excluding hydrogens is 160 g/mol. The molecule has 0 aromatic rings. The van der Waals surface area contributed by atoms with Gasteiger partial charge in [-0.2, -0.15) is 0 Å². The fourth-order valence-electron chi connectivity index (χ4n) is 1.85. The van der Waals surface area contributed by atoms with E-state index in [1.807, 2.05) is 0 Å². The molecule has 2 atom stereocenters. The molecule has 2 heteroatoms. The molecule has 0 saturated heterocycles. The molecule has 1 fully saturated rings. The average molecular weight is 184 g/mol. The van der Waals surface area contributed by atoms with E-state index in [-0.39, 0.29) is 0 Å². The van der Waals surface area contributed by atoms with Gasteiger partial charge in [-0.3, -0.25) is 0 Å². The second-order valence-corrected chi connectivity index (χ2v) is 5.50. The molecule has 0 heterocycles. The molecule has 0 aliphatic heterocycles. The van der Waals surface area contributed by atoms with E-state index in [4.69, 9.17) is 5.73 Å². The first kappa shape index (κ1) is 11.0. The topological polar surface area (TPSA) is 38.0 Å². The molecule has 0 aromatic heterocycles. The highest BCUT2D eigenvalue weighted by atomic mass is 15.0. The van der Waals surface area contributed by atoms with Crippen molar-refractivity contribution >= 4 is 0 Å². The Balaban J connectivity index is 2.27. The molecule has 1 aliphatic rings. The smallest absolute Gasteiger partial charge is 0.0219 e. The maximum atomic E-state index is 6.05. The first-order valence-electron chi connectivity index (χ1n) is 5.48. The van der Waals surface area contributed by atoms with E-state index in [0.717, 1.165) is 6.54 Å². The zero-order valence-corrected chi connectivity index (χ0v) is 9.27. The molecule has 1 rings (SSSR count). The summed E-state index contributed by atoms with van der Waals surface area (Å²) in [7, 11) is 0. The van der Waals surface area contributed by atoms with Crippen LogP contribution >= 0.6 is 0 Å². The molecule has 0 radical (unpaired) electrons.